The summed E-state index contributed by atoms with van der Waals surface area (Å²) in [7, 11) is 4.28. The normalized spacial score (nSPS) is 21.9. The maximum atomic E-state index is 2.53. The van der Waals surface area contributed by atoms with Crippen LogP contribution in [-0.2, 0) is 0 Å². The lowest BCUT2D eigenvalue weighted by Gasteiger charge is -2.22. The zero-order valence-corrected chi connectivity index (χ0v) is 9.51. The highest BCUT2D eigenvalue weighted by atomic mass is 15.2. The predicted molar refractivity (Wildman–Crippen MR) is 59.9 cm³/mol. The molecule has 2 heteroatoms. The van der Waals surface area contributed by atoms with E-state index in [4.69, 9.17) is 0 Å². The van der Waals surface area contributed by atoms with Crippen LogP contribution in [0.5, 0.6) is 0 Å². The van der Waals surface area contributed by atoms with Crippen LogP contribution in [0.1, 0.15) is 26.2 Å². The van der Waals surface area contributed by atoms with Crippen molar-refractivity contribution in [2.45, 2.75) is 26.2 Å². The molecule has 2 rings (SSSR count). The maximum Gasteiger partial charge on any atom is 0.0376 e. The van der Waals surface area contributed by atoms with E-state index in [9.17, 15) is 0 Å². The highest BCUT2D eigenvalue weighted by molar-refractivity contribution is 5.39. The van der Waals surface area contributed by atoms with Crippen LogP contribution in [0.25, 0.3) is 0 Å². The van der Waals surface area contributed by atoms with Crippen molar-refractivity contribution in [1.29, 1.82) is 0 Å². The van der Waals surface area contributed by atoms with Gasteiger partial charge < -0.3 is 9.80 Å². The fourth-order valence-electron chi connectivity index (χ4n) is 2.49. The first-order valence-electron chi connectivity index (χ1n) is 5.52. The van der Waals surface area contributed by atoms with Gasteiger partial charge in [0.25, 0.3) is 0 Å². The molecule has 0 aromatic carbocycles. The summed E-state index contributed by atoms with van der Waals surface area (Å²) in [5.41, 5.74) is 4.45. The third-order valence-electron chi connectivity index (χ3n) is 3.29. The van der Waals surface area contributed by atoms with E-state index in [1.807, 2.05) is 0 Å². The van der Waals surface area contributed by atoms with Crippen LogP contribution in [0, 0.1) is 0 Å². The summed E-state index contributed by atoms with van der Waals surface area (Å²) in [5, 5.41) is 0. The molecule has 78 valence electrons. The zero-order valence-electron chi connectivity index (χ0n) is 9.51. The second-order valence-corrected chi connectivity index (χ2v) is 4.45. The lowest BCUT2D eigenvalue weighted by Crippen LogP contribution is -2.19. The molecule has 0 amide bonds. The molecular weight excluding hydrogens is 172 g/mol. The standard InChI is InChI=1S/C12H20N2/c1-10-11(13(2)3)6-7-12(10)14-8-4-5-9-14/h7H,4-6,8-9H2,1-3H3. The van der Waals surface area contributed by atoms with E-state index < -0.39 is 0 Å². The molecule has 1 fully saturated rings. The van der Waals surface area contributed by atoms with Crippen LogP contribution < -0.4 is 0 Å². The van der Waals surface area contributed by atoms with Gasteiger partial charge in [0.15, 0.2) is 0 Å². The number of hydrogen-bond acceptors (Lipinski definition) is 2. The van der Waals surface area contributed by atoms with Gasteiger partial charge in [0, 0.05) is 45.0 Å². The number of rotatable bonds is 2. The second-order valence-electron chi connectivity index (χ2n) is 4.45. The molecule has 0 saturated carbocycles. The van der Waals surface area contributed by atoms with Gasteiger partial charge in [-0.25, -0.2) is 0 Å². The first-order chi connectivity index (χ1) is 6.70. The number of likely N-dealkylation sites (tertiary alicyclic amines) is 1. The lowest BCUT2D eigenvalue weighted by molar-refractivity contribution is 0.432. The summed E-state index contributed by atoms with van der Waals surface area (Å²) in [6.45, 7) is 4.76. The molecule has 1 saturated heterocycles. The SMILES string of the molecule is CC1=C(N(C)C)CC=C1N1CCCC1. The molecule has 14 heavy (non-hydrogen) atoms. The molecular formula is C12H20N2. The third kappa shape index (κ3) is 1.54. The Bertz CT molecular complexity index is 281. The Kier molecular flexibility index (Phi) is 2.53. The molecule has 0 aromatic rings. The molecule has 1 aliphatic heterocycles. The molecule has 0 atom stereocenters. The van der Waals surface area contributed by atoms with E-state index in [0.717, 1.165) is 6.42 Å². The van der Waals surface area contributed by atoms with Crippen molar-refractivity contribution in [2.24, 2.45) is 0 Å². The quantitative estimate of drug-likeness (QED) is 0.662. The Morgan fingerprint density at radius 2 is 1.86 bits per heavy atom. The molecule has 1 aliphatic carbocycles. The van der Waals surface area contributed by atoms with E-state index in [2.05, 4.69) is 36.9 Å². The molecule has 0 spiro atoms. The second kappa shape index (κ2) is 3.68. The molecule has 2 aliphatic rings. The average molecular weight is 192 g/mol. The van der Waals surface area contributed by atoms with Gasteiger partial charge >= 0.3 is 0 Å². The average Bonchev–Trinajstić information content (AvgIpc) is 2.71. The summed E-state index contributed by atoms with van der Waals surface area (Å²) in [5.74, 6) is 0. The fraction of sp³-hybridized carbons (Fsp3) is 0.667. The van der Waals surface area contributed by atoms with E-state index in [0.29, 0.717) is 0 Å². The summed E-state index contributed by atoms with van der Waals surface area (Å²) < 4.78 is 0. The monoisotopic (exact) mass is 192 g/mol. The van der Waals surface area contributed by atoms with Gasteiger partial charge in [-0.3, -0.25) is 0 Å². The van der Waals surface area contributed by atoms with Gasteiger partial charge in [0.2, 0.25) is 0 Å². The van der Waals surface area contributed by atoms with Gasteiger partial charge in [-0.15, -0.1) is 0 Å². The van der Waals surface area contributed by atoms with E-state index >= 15 is 0 Å². The molecule has 0 aromatic heterocycles. The van der Waals surface area contributed by atoms with Crippen LogP contribution in [-0.4, -0.2) is 37.0 Å². The van der Waals surface area contributed by atoms with E-state index in [1.165, 1.54) is 42.9 Å². The zero-order chi connectivity index (χ0) is 10.1. The van der Waals surface area contributed by atoms with Gasteiger partial charge in [-0.05, 0) is 25.3 Å². The predicted octanol–water partition coefficient (Wildman–Crippen LogP) is 2.21. The molecule has 1 heterocycles. The van der Waals surface area contributed by atoms with E-state index in [-0.39, 0.29) is 0 Å². The summed E-state index contributed by atoms with van der Waals surface area (Å²) in [6.07, 6.45) is 6.23. The Balaban J connectivity index is 2.14. The van der Waals surface area contributed by atoms with Crippen molar-refractivity contribution < 1.29 is 0 Å². The molecule has 0 bridgehead atoms. The van der Waals surface area contributed by atoms with Crippen LogP contribution in [0.2, 0.25) is 0 Å². The Hall–Kier alpha value is -0.920. The van der Waals surface area contributed by atoms with Gasteiger partial charge in [-0.1, -0.05) is 6.08 Å². The minimum Gasteiger partial charge on any atom is -0.380 e. The molecule has 0 N–H and O–H groups in total. The Morgan fingerprint density at radius 1 is 1.21 bits per heavy atom. The first kappa shape index (κ1) is 9.63. The molecule has 0 unspecified atom stereocenters. The largest absolute Gasteiger partial charge is 0.380 e. The Morgan fingerprint density at radius 3 is 2.36 bits per heavy atom. The smallest absolute Gasteiger partial charge is 0.0376 e. The van der Waals surface area contributed by atoms with E-state index in [1.54, 1.807) is 0 Å². The third-order valence-corrected chi connectivity index (χ3v) is 3.29. The van der Waals surface area contributed by atoms with Crippen LogP contribution >= 0.6 is 0 Å². The lowest BCUT2D eigenvalue weighted by atomic mass is 10.2. The van der Waals surface area contributed by atoms with Crippen LogP contribution in [0.3, 0.4) is 0 Å². The van der Waals surface area contributed by atoms with Crippen molar-refractivity contribution in [3.63, 3.8) is 0 Å². The van der Waals surface area contributed by atoms with Gasteiger partial charge in [0.1, 0.15) is 0 Å². The number of hydrogen-bond donors (Lipinski definition) is 0. The maximum absolute atomic E-state index is 2.53. The summed E-state index contributed by atoms with van der Waals surface area (Å²) in [4.78, 5) is 4.78. The number of allylic oxidation sites excluding steroid dienone is 2. The summed E-state index contributed by atoms with van der Waals surface area (Å²) >= 11 is 0. The van der Waals surface area contributed by atoms with Crippen molar-refractivity contribution in [3.8, 4) is 0 Å². The van der Waals surface area contributed by atoms with Crippen molar-refractivity contribution >= 4 is 0 Å². The van der Waals surface area contributed by atoms with Crippen LogP contribution in [0.15, 0.2) is 23.0 Å². The van der Waals surface area contributed by atoms with Crippen molar-refractivity contribution in [1.82, 2.24) is 9.80 Å². The number of nitrogens with zero attached hydrogens (tertiary/aromatic N) is 2. The Labute approximate surface area is 86.9 Å². The highest BCUT2D eigenvalue weighted by Crippen LogP contribution is 2.31. The first-order valence-corrected chi connectivity index (χ1v) is 5.52. The molecule has 0 radical (unpaired) electrons. The minimum atomic E-state index is 1.12. The van der Waals surface area contributed by atoms with Gasteiger partial charge in [0.05, 0.1) is 0 Å². The van der Waals surface area contributed by atoms with Crippen molar-refractivity contribution in [2.75, 3.05) is 27.2 Å². The highest BCUT2D eigenvalue weighted by Gasteiger charge is 2.22. The summed E-state index contributed by atoms with van der Waals surface area (Å²) in [6, 6.07) is 0. The fourth-order valence-corrected chi connectivity index (χ4v) is 2.49. The van der Waals surface area contributed by atoms with Gasteiger partial charge in [-0.2, -0.15) is 0 Å². The van der Waals surface area contributed by atoms with Crippen LogP contribution in [0.4, 0.5) is 0 Å². The molecule has 2 nitrogen and oxygen atoms in total. The minimum absolute atomic E-state index is 1.12. The topological polar surface area (TPSA) is 6.48 Å². The van der Waals surface area contributed by atoms with Crippen molar-refractivity contribution in [3.05, 3.63) is 23.0 Å².